The van der Waals surface area contributed by atoms with Gasteiger partial charge in [-0.15, -0.1) is 0 Å². The van der Waals surface area contributed by atoms with Crippen molar-refractivity contribution in [1.82, 2.24) is 0 Å². The molecule has 0 saturated heterocycles. The van der Waals surface area contributed by atoms with E-state index in [4.69, 9.17) is 0 Å². The zero-order valence-corrected chi connectivity index (χ0v) is 16.4. The predicted molar refractivity (Wildman–Crippen MR) is 113 cm³/mol. The number of hydrogen-bond donors (Lipinski definition) is 1. The molecule has 3 aromatic rings. The quantitative estimate of drug-likeness (QED) is 0.600. The summed E-state index contributed by atoms with van der Waals surface area (Å²) in [6, 6.07) is 22.2. The maximum atomic E-state index is 13.3. The Morgan fingerprint density at radius 1 is 0.828 bits per heavy atom. The number of nitrogens with one attached hydrogen (secondary N) is 1. The van der Waals surface area contributed by atoms with E-state index in [0.717, 1.165) is 15.4 Å². The maximum absolute atomic E-state index is 13.3. The van der Waals surface area contributed by atoms with Gasteiger partial charge < -0.3 is 5.32 Å². The van der Waals surface area contributed by atoms with Crippen LogP contribution in [0.1, 0.15) is 5.56 Å². The summed E-state index contributed by atoms with van der Waals surface area (Å²) in [5.41, 5.74) is 2.33. The number of thioether (sulfide) groups is 1. The first-order valence-corrected chi connectivity index (χ1v) is 9.80. The van der Waals surface area contributed by atoms with Gasteiger partial charge in [0.25, 0.3) is 11.8 Å². The van der Waals surface area contributed by atoms with Gasteiger partial charge >= 0.3 is 0 Å². The first-order chi connectivity index (χ1) is 14.0. The van der Waals surface area contributed by atoms with Crippen molar-refractivity contribution in [2.24, 2.45) is 0 Å². The standard InChI is InChI=1S/C23H17FN2O2S/c1-15-7-11-17(12-8-15)25-20-21(29-19-5-3-2-4-6-19)23(28)26(22(20)27)18-13-9-16(24)10-14-18/h2-14,25H,1H3. The van der Waals surface area contributed by atoms with E-state index >= 15 is 0 Å². The summed E-state index contributed by atoms with van der Waals surface area (Å²) >= 11 is 1.23. The van der Waals surface area contributed by atoms with Crippen LogP contribution in [0.15, 0.2) is 94.4 Å². The zero-order chi connectivity index (χ0) is 20.4. The summed E-state index contributed by atoms with van der Waals surface area (Å²) in [7, 11) is 0. The number of amides is 2. The molecule has 0 aromatic heterocycles. The number of hydrogen-bond acceptors (Lipinski definition) is 4. The molecule has 0 spiro atoms. The van der Waals surface area contributed by atoms with E-state index in [0.29, 0.717) is 16.3 Å². The number of carbonyl (C=O) groups is 2. The molecule has 0 fully saturated rings. The minimum absolute atomic E-state index is 0.206. The van der Waals surface area contributed by atoms with E-state index in [2.05, 4.69) is 5.32 Å². The molecular weight excluding hydrogens is 387 g/mol. The van der Waals surface area contributed by atoms with Gasteiger partial charge in [-0.1, -0.05) is 47.7 Å². The smallest absolute Gasteiger partial charge is 0.283 e. The lowest BCUT2D eigenvalue weighted by molar-refractivity contribution is -0.120. The van der Waals surface area contributed by atoms with Crippen molar-refractivity contribution in [3.8, 4) is 0 Å². The number of rotatable bonds is 5. The van der Waals surface area contributed by atoms with Crippen LogP contribution >= 0.6 is 11.8 Å². The SMILES string of the molecule is Cc1ccc(NC2=C(Sc3ccccc3)C(=O)N(c3ccc(F)cc3)C2=O)cc1. The van der Waals surface area contributed by atoms with Gasteiger partial charge in [0.05, 0.1) is 5.69 Å². The molecule has 0 atom stereocenters. The van der Waals surface area contributed by atoms with Gasteiger partial charge in [0.2, 0.25) is 0 Å². The Kier molecular flexibility index (Phi) is 5.18. The minimum Gasteiger partial charge on any atom is -0.350 e. The number of halogens is 1. The average molecular weight is 404 g/mol. The highest BCUT2D eigenvalue weighted by Gasteiger charge is 2.40. The van der Waals surface area contributed by atoms with Crippen molar-refractivity contribution < 1.29 is 14.0 Å². The fraction of sp³-hybridized carbons (Fsp3) is 0.0435. The summed E-state index contributed by atoms with van der Waals surface area (Å²) in [5.74, 6) is -1.34. The number of benzene rings is 3. The molecular formula is C23H17FN2O2S. The summed E-state index contributed by atoms with van der Waals surface area (Å²) in [5, 5.41) is 3.10. The van der Waals surface area contributed by atoms with Gasteiger partial charge in [-0.05, 0) is 55.5 Å². The molecule has 1 aliphatic heterocycles. The van der Waals surface area contributed by atoms with Gasteiger partial charge in [0.1, 0.15) is 16.4 Å². The molecule has 1 aliphatic rings. The Hall–Kier alpha value is -3.38. The van der Waals surface area contributed by atoms with Crippen LogP contribution in [-0.4, -0.2) is 11.8 Å². The minimum atomic E-state index is -0.472. The molecule has 6 heteroatoms. The van der Waals surface area contributed by atoms with Crippen LogP contribution in [0, 0.1) is 12.7 Å². The number of imide groups is 1. The van der Waals surface area contributed by atoms with E-state index in [1.54, 1.807) is 0 Å². The van der Waals surface area contributed by atoms with Crippen molar-refractivity contribution in [3.63, 3.8) is 0 Å². The van der Waals surface area contributed by atoms with Crippen LogP contribution in [0.3, 0.4) is 0 Å². The van der Waals surface area contributed by atoms with Crippen LogP contribution in [0.25, 0.3) is 0 Å². The summed E-state index contributed by atoms with van der Waals surface area (Å²) in [6.45, 7) is 1.97. The van der Waals surface area contributed by atoms with E-state index in [1.807, 2.05) is 61.5 Å². The number of anilines is 2. The van der Waals surface area contributed by atoms with Crippen LogP contribution in [0.5, 0.6) is 0 Å². The third-order valence-corrected chi connectivity index (χ3v) is 5.50. The molecule has 144 valence electrons. The van der Waals surface area contributed by atoms with Crippen molar-refractivity contribution in [3.05, 3.63) is 101 Å². The molecule has 0 unspecified atom stereocenters. The Balaban J connectivity index is 1.73. The molecule has 1 N–H and O–H groups in total. The Morgan fingerprint density at radius 3 is 2.14 bits per heavy atom. The summed E-state index contributed by atoms with van der Waals surface area (Å²) < 4.78 is 13.3. The van der Waals surface area contributed by atoms with E-state index in [1.165, 1.54) is 36.0 Å². The molecule has 4 nitrogen and oxygen atoms in total. The number of aryl methyl sites for hydroxylation is 1. The third-order valence-electron chi connectivity index (χ3n) is 4.41. The van der Waals surface area contributed by atoms with Crippen molar-refractivity contribution >= 4 is 35.0 Å². The molecule has 2 amide bonds. The van der Waals surface area contributed by atoms with Crippen molar-refractivity contribution in [1.29, 1.82) is 0 Å². The van der Waals surface area contributed by atoms with Gasteiger partial charge in [0, 0.05) is 10.6 Å². The molecule has 0 saturated carbocycles. The lowest BCUT2D eigenvalue weighted by Crippen LogP contribution is -2.32. The van der Waals surface area contributed by atoms with Crippen molar-refractivity contribution in [2.75, 3.05) is 10.2 Å². The fourth-order valence-electron chi connectivity index (χ4n) is 2.93. The predicted octanol–water partition coefficient (Wildman–Crippen LogP) is 5.12. The van der Waals surface area contributed by atoms with Crippen LogP contribution in [0.4, 0.5) is 15.8 Å². The van der Waals surface area contributed by atoms with Crippen LogP contribution in [0.2, 0.25) is 0 Å². The Labute approximate surface area is 172 Å². The highest BCUT2D eigenvalue weighted by Crippen LogP contribution is 2.37. The largest absolute Gasteiger partial charge is 0.350 e. The zero-order valence-electron chi connectivity index (χ0n) is 15.6. The molecule has 3 aromatic carbocycles. The topological polar surface area (TPSA) is 49.4 Å². The molecule has 0 aliphatic carbocycles. The monoisotopic (exact) mass is 404 g/mol. The van der Waals surface area contributed by atoms with Crippen molar-refractivity contribution in [2.45, 2.75) is 11.8 Å². The molecule has 29 heavy (non-hydrogen) atoms. The summed E-state index contributed by atoms with van der Waals surface area (Å²) in [4.78, 5) is 28.5. The lowest BCUT2D eigenvalue weighted by atomic mass is 10.2. The van der Waals surface area contributed by atoms with E-state index in [-0.39, 0.29) is 5.70 Å². The Bertz CT molecular complexity index is 1090. The van der Waals surface area contributed by atoms with E-state index < -0.39 is 17.6 Å². The highest BCUT2D eigenvalue weighted by molar-refractivity contribution is 8.04. The maximum Gasteiger partial charge on any atom is 0.283 e. The fourth-order valence-corrected chi connectivity index (χ4v) is 3.87. The second kappa shape index (κ2) is 7.93. The second-order valence-corrected chi connectivity index (χ2v) is 7.62. The number of nitrogens with zero attached hydrogens (tertiary/aromatic N) is 1. The molecule has 1 heterocycles. The normalized spacial score (nSPS) is 13.9. The molecule has 0 radical (unpaired) electrons. The number of carbonyl (C=O) groups excluding carboxylic acids is 2. The van der Waals surface area contributed by atoms with Gasteiger partial charge in [-0.3, -0.25) is 9.59 Å². The van der Waals surface area contributed by atoms with E-state index in [9.17, 15) is 14.0 Å². The van der Waals surface area contributed by atoms with Crippen LogP contribution < -0.4 is 10.2 Å². The van der Waals surface area contributed by atoms with Gasteiger partial charge in [0.15, 0.2) is 0 Å². The average Bonchev–Trinajstić information content (AvgIpc) is 2.95. The highest BCUT2D eigenvalue weighted by atomic mass is 32.2. The first-order valence-electron chi connectivity index (χ1n) is 8.98. The van der Waals surface area contributed by atoms with Crippen LogP contribution in [-0.2, 0) is 9.59 Å². The second-order valence-electron chi connectivity index (χ2n) is 6.53. The Morgan fingerprint density at radius 2 is 1.48 bits per heavy atom. The molecule has 0 bridgehead atoms. The first kappa shape index (κ1) is 19.0. The van der Waals surface area contributed by atoms with Gasteiger partial charge in [-0.2, -0.15) is 0 Å². The van der Waals surface area contributed by atoms with Gasteiger partial charge in [-0.25, -0.2) is 9.29 Å². The third kappa shape index (κ3) is 3.93. The summed E-state index contributed by atoms with van der Waals surface area (Å²) in [6.07, 6.45) is 0. The molecule has 4 rings (SSSR count). The lowest BCUT2D eigenvalue weighted by Gasteiger charge is -2.15.